The van der Waals surface area contributed by atoms with Crippen molar-refractivity contribution in [3.8, 4) is 0 Å². The van der Waals surface area contributed by atoms with Crippen molar-refractivity contribution in [2.75, 3.05) is 0 Å². The topological polar surface area (TPSA) is 47.0 Å². The molecule has 0 radical (unpaired) electrons. The summed E-state index contributed by atoms with van der Waals surface area (Å²) in [5, 5.41) is 1.03. The summed E-state index contributed by atoms with van der Waals surface area (Å²) < 4.78 is 22.4. The molecule has 0 saturated carbocycles. The Hall–Kier alpha value is -0.0526. The van der Waals surface area contributed by atoms with Crippen LogP contribution in [0.3, 0.4) is 0 Å². The maximum atomic E-state index is 10.6. The van der Waals surface area contributed by atoms with Gasteiger partial charge in [0.1, 0.15) is 5.15 Å². The molecule has 2 aromatic rings. The van der Waals surface area contributed by atoms with Crippen molar-refractivity contribution >= 4 is 43.7 Å². The van der Waals surface area contributed by atoms with E-state index in [9.17, 15) is 8.42 Å². The van der Waals surface area contributed by atoms with E-state index in [1.165, 1.54) is 17.4 Å². The molecule has 0 bridgehead atoms. The number of nitrogens with zero attached hydrogens (tertiary/aromatic N) is 1. The number of rotatable bonds is 1. The van der Waals surface area contributed by atoms with Crippen molar-refractivity contribution in [2.45, 2.75) is 4.21 Å². The molecule has 0 aromatic carbocycles. The molecule has 7 heteroatoms. The maximum Gasteiger partial charge on any atom is 1.00 e. The third kappa shape index (κ3) is 2.13. The van der Waals surface area contributed by atoms with Crippen molar-refractivity contribution in [1.82, 2.24) is 4.98 Å². The van der Waals surface area contributed by atoms with Gasteiger partial charge in [-0.25, -0.2) is 4.98 Å². The minimum Gasteiger partial charge on any atom is -0.419 e. The molecule has 68 valence electrons. The summed E-state index contributed by atoms with van der Waals surface area (Å²) in [5.41, 5.74) is 0. The van der Waals surface area contributed by atoms with Crippen molar-refractivity contribution in [2.24, 2.45) is 0 Å². The third-order valence-corrected chi connectivity index (χ3v) is 3.84. The molecule has 0 amide bonds. The van der Waals surface area contributed by atoms with Crippen molar-refractivity contribution in [1.29, 1.82) is 0 Å². The van der Waals surface area contributed by atoms with Gasteiger partial charge in [0.2, 0.25) is 0 Å². The average molecular weight is 240 g/mol. The molecule has 0 unspecified atom stereocenters. The molecule has 0 N–H and O–H groups in total. The zero-order chi connectivity index (χ0) is 9.42. The Balaban J connectivity index is 0.000000980. The van der Waals surface area contributed by atoms with Crippen LogP contribution in [-0.4, -0.2) is 4.98 Å². The van der Waals surface area contributed by atoms with E-state index in [1.54, 1.807) is 12.3 Å². The average Bonchev–Trinajstić information content (AvgIpc) is 2.49. The van der Waals surface area contributed by atoms with Crippen LogP contribution in [0, 0.1) is 0 Å². The number of fused-ring (bicyclic) bond motifs is 1. The fraction of sp³-hybridized carbons (Fsp3) is 0. The summed E-state index contributed by atoms with van der Waals surface area (Å²) >= 11 is 6.95. The van der Waals surface area contributed by atoms with E-state index in [0.29, 0.717) is 10.5 Å². The molecule has 14 heavy (non-hydrogen) atoms. The van der Waals surface area contributed by atoms with Crippen molar-refractivity contribution in [3.05, 3.63) is 23.5 Å². The van der Waals surface area contributed by atoms with Gasteiger partial charge < -0.3 is 8.42 Å². The van der Waals surface area contributed by atoms with Gasteiger partial charge >= 0.3 is 18.9 Å². The zero-order valence-electron chi connectivity index (χ0n) is 7.19. The summed E-state index contributed by atoms with van der Waals surface area (Å²) in [6.45, 7) is 0. The van der Waals surface area contributed by atoms with E-state index in [0.717, 1.165) is 4.70 Å². The quantitative estimate of drug-likeness (QED) is 0.387. The molecule has 0 fully saturated rings. The monoisotopic (exact) mass is 239 g/mol. The second kappa shape index (κ2) is 4.64. The van der Waals surface area contributed by atoms with E-state index in [-0.39, 0.29) is 23.1 Å². The Morgan fingerprint density at radius 3 is 2.71 bits per heavy atom. The van der Waals surface area contributed by atoms with E-state index in [1.807, 2.05) is 0 Å². The van der Waals surface area contributed by atoms with Gasteiger partial charge in [-0.05, 0) is 21.0 Å². The molecule has 0 aliphatic carbocycles. The summed E-state index contributed by atoms with van der Waals surface area (Å²) in [5.74, 6) is 0. The first-order valence-electron chi connectivity index (χ1n) is 3.32. The van der Waals surface area contributed by atoms with E-state index in [4.69, 9.17) is 11.6 Å². The summed E-state index contributed by atoms with van der Waals surface area (Å²) in [6, 6.07) is 3.26. The Morgan fingerprint density at radius 1 is 1.43 bits per heavy atom. The van der Waals surface area contributed by atoms with Gasteiger partial charge in [-0.15, -0.1) is 0 Å². The standard InChI is InChI=1S/C7H3ClNO2S2.Li/c8-7-4-3-6(13(10)11)12-5(4)1-2-9-7;/h1-3H;/q-1;+1. The Bertz CT molecular complexity index is 529. The van der Waals surface area contributed by atoms with Crippen LogP contribution in [0.25, 0.3) is 10.1 Å². The second-order valence-electron chi connectivity index (χ2n) is 2.31. The number of halogens is 1. The number of aromatic nitrogens is 1. The molecule has 2 rings (SSSR count). The van der Waals surface area contributed by atoms with Crippen LogP contribution in [0.15, 0.2) is 22.5 Å². The normalized spacial score (nSPS) is 10.4. The molecular formula is C7H3ClLiNO2S2. The number of hydrogen-bond acceptors (Lipinski definition) is 5. The van der Waals surface area contributed by atoms with Gasteiger partial charge in [-0.3, -0.25) is 0 Å². The SMILES string of the molecule is O=[S-](=O)c1cc2c(Cl)nccc2s1.[Li+]. The summed E-state index contributed by atoms with van der Waals surface area (Å²) in [4.78, 5) is 3.85. The summed E-state index contributed by atoms with van der Waals surface area (Å²) in [7, 11) is -2.19. The van der Waals surface area contributed by atoms with Crippen LogP contribution in [0.4, 0.5) is 0 Å². The molecule has 2 aromatic heterocycles. The fourth-order valence-electron chi connectivity index (χ4n) is 0.989. The van der Waals surface area contributed by atoms with Crippen LogP contribution in [0.1, 0.15) is 0 Å². The molecule has 0 atom stereocenters. The Kier molecular flexibility index (Phi) is 3.99. The van der Waals surface area contributed by atoms with Gasteiger partial charge in [-0.2, -0.15) is 11.3 Å². The van der Waals surface area contributed by atoms with Gasteiger partial charge in [0.25, 0.3) is 0 Å². The fourth-order valence-corrected chi connectivity index (χ4v) is 2.80. The van der Waals surface area contributed by atoms with Crippen LogP contribution < -0.4 is 18.9 Å². The molecule has 3 nitrogen and oxygen atoms in total. The van der Waals surface area contributed by atoms with Gasteiger partial charge in [-0.1, -0.05) is 17.7 Å². The van der Waals surface area contributed by atoms with E-state index >= 15 is 0 Å². The second-order valence-corrected chi connectivity index (χ2v) is 4.92. The Labute approximate surface area is 103 Å². The Morgan fingerprint density at radius 2 is 2.14 bits per heavy atom. The first kappa shape index (κ1) is 12.0. The number of pyridine rings is 1. The molecular weight excluding hydrogens is 237 g/mol. The van der Waals surface area contributed by atoms with Crippen LogP contribution >= 0.6 is 22.9 Å². The first-order valence-corrected chi connectivity index (χ1v) is 5.59. The molecule has 0 aliphatic heterocycles. The van der Waals surface area contributed by atoms with Crippen LogP contribution in [-0.2, 0) is 19.1 Å². The van der Waals surface area contributed by atoms with Crippen LogP contribution in [0.2, 0.25) is 5.15 Å². The van der Waals surface area contributed by atoms with Gasteiger partial charge in [0, 0.05) is 16.3 Å². The minimum absolute atomic E-state index is 0. The summed E-state index contributed by atoms with van der Waals surface area (Å²) in [6.07, 6.45) is 1.55. The van der Waals surface area contributed by atoms with Gasteiger partial charge in [0.05, 0.1) is 0 Å². The predicted octanol–water partition coefficient (Wildman–Crippen LogP) is -0.378. The first-order chi connectivity index (χ1) is 6.18. The number of hydrogen-bond donors (Lipinski definition) is 0. The van der Waals surface area contributed by atoms with E-state index in [2.05, 4.69) is 4.98 Å². The minimum atomic E-state index is -2.19. The predicted molar refractivity (Wildman–Crippen MR) is 51.6 cm³/mol. The molecule has 0 spiro atoms. The van der Waals surface area contributed by atoms with Gasteiger partial charge in [0.15, 0.2) is 0 Å². The van der Waals surface area contributed by atoms with Crippen molar-refractivity contribution in [3.63, 3.8) is 0 Å². The maximum absolute atomic E-state index is 10.6. The van der Waals surface area contributed by atoms with Crippen molar-refractivity contribution < 1.29 is 27.3 Å². The van der Waals surface area contributed by atoms with Crippen LogP contribution in [0.5, 0.6) is 0 Å². The zero-order valence-corrected chi connectivity index (χ0v) is 9.58. The third-order valence-electron chi connectivity index (χ3n) is 1.54. The molecule has 0 saturated heterocycles. The number of thiophene rings is 1. The largest absolute Gasteiger partial charge is 1.00 e. The molecule has 0 aliphatic rings. The van der Waals surface area contributed by atoms with E-state index < -0.39 is 10.7 Å². The molecule has 2 heterocycles. The smallest absolute Gasteiger partial charge is 0.419 e.